The van der Waals surface area contributed by atoms with Gasteiger partial charge in [-0.25, -0.2) is 0 Å². The topological polar surface area (TPSA) is 4.93 Å². The smallest absolute Gasteiger partial charge is 0.354 e. The van der Waals surface area contributed by atoms with Crippen LogP contribution in [0.15, 0.2) is 12.3 Å². The van der Waals surface area contributed by atoms with Crippen LogP contribution in [0.3, 0.4) is 0 Å². The molecule has 0 saturated carbocycles. The van der Waals surface area contributed by atoms with Crippen molar-refractivity contribution < 1.29 is 13.2 Å². The standard InChI is InChI=1S/C9H12F3N/c1-6(2)8-4-7(5-13(8)3)9(10,11)12/h4-6H,1-3H3. The molecule has 0 saturated heterocycles. The fourth-order valence-corrected chi connectivity index (χ4v) is 1.31. The van der Waals surface area contributed by atoms with Crippen LogP contribution < -0.4 is 0 Å². The average Bonchev–Trinajstić information content (AvgIpc) is 2.29. The first-order valence-electron chi connectivity index (χ1n) is 4.06. The van der Waals surface area contributed by atoms with Crippen LogP contribution in [-0.4, -0.2) is 4.57 Å². The molecule has 0 radical (unpaired) electrons. The fourth-order valence-electron chi connectivity index (χ4n) is 1.31. The quantitative estimate of drug-likeness (QED) is 0.642. The predicted molar refractivity (Wildman–Crippen MR) is 44.5 cm³/mol. The molecule has 0 N–H and O–H groups in total. The molecule has 0 atom stereocenters. The van der Waals surface area contributed by atoms with Gasteiger partial charge in [-0.05, 0) is 12.0 Å². The van der Waals surface area contributed by atoms with Crippen molar-refractivity contribution in [3.05, 3.63) is 23.5 Å². The van der Waals surface area contributed by atoms with Gasteiger partial charge in [-0.15, -0.1) is 0 Å². The zero-order valence-corrected chi connectivity index (χ0v) is 7.81. The van der Waals surface area contributed by atoms with Crippen molar-refractivity contribution in [3.63, 3.8) is 0 Å². The van der Waals surface area contributed by atoms with Crippen LogP contribution in [0.4, 0.5) is 13.2 Å². The van der Waals surface area contributed by atoms with Gasteiger partial charge in [-0.2, -0.15) is 13.2 Å². The zero-order chi connectivity index (χ0) is 10.2. The van der Waals surface area contributed by atoms with E-state index in [1.807, 2.05) is 13.8 Å². The van der Waals surface area contributed by atoms with Gasteiger partial charge in [-0.3, -0.25) is 0 Å². The molecular weight excluding hydrogens is 179 g/mol. The van der Waals surface area contributed by atoms with Gasteiger partial charge in [0.15, 0.2) is 0 Å². The summed E-state index contributed by atoms with van der Waals surface area (Å²) in [5.74, 6) is 0.112. The minimum Gasteiger partial charge on any atom is -0.354 e. The van der Waals surface area contributed by atoms with Gasteiger partial charge in [0.05, 0.1) is 5.56 Å². The molecule has 0 aromatic carbocycles. The van der Waals surface area contributed by atoms with E-state index in [0.717, 1.165) is 6.20 Å². The molecule has 1 aromatic rings. The molecule has 0 fully saturated rings. The molecule has 0 unspecified atom stereocenters. The summed E-state index contributed by atoms with van der Waals surface area (Å²) < 4.78 is 38.2. The van der Waals surface area contributed by atoms with Gasteiger partial charge in [0.2, 0.25) is 0 Å². The molecule has 0 spiro atoms. The molecule has 1 rings (SSSR count). The summed E-state index contributed by atoms with van der Waals surface area (Å²) in [6, 6.07) is 1.20. The minimum atomic E-state index is -4.23. The second kappa shape index (κ2) is 3.09. The Hall–Kier alpha value is -0.930. The number of halogens is 3. The third-order valence-corrected chi connectivity index (χ3v) is 1.96. The summed E-state index contributed by atoms with van der Waals surface area (Å²) in [4.78, 5) is 0. The molecule has 0 bridgehead atoms. The van der Waals surface area contributed by atoms with Gasteiger partial charge in [0.25, 0.3) is 0 Å². The summed E-state index contributed by atoms with van der Waals surface area (Å²) in [5, 5.41) is 0. The number of rotatable bonds is 1. The summed E-state index contributed by atoms with van der Waals surface area (Å²) in [6.07, 6.45) is -3.11. The number of aromatic nitrogens is 1. The largest absolute Gasteiger partial charge is 0.417 e. The lowest BCUT2D eigenvalue weighted by Crippen LogP contribution is -2.02. The van der Waals surface area contributed by atoms with Crippen molar-refractivity contribution in [1.82, 2.24) is 4.57 Å². The van der Waals surface area contributed by atoms with Crippen LogP contribution >= 0.6 is 0 Å². The van der Waals surface area contributed by atoms with E-state index in [2.05, 4.69) is 0 Å². The number of nitrogens with zero attached hydrogens (tertiary/aromatic N) is 1. The molecule has 0 aliphatic carbocycles. The van der Waals surface area contributed by atoms with Crippen LogP contribution in [0.2, 0.25) is 0 Å². The van der Waals surface area contributed by atoms with E-state index in [9.17, 15) is 13.2 Å². The van der Waals surface area contributed by atoms with Crippen LogP contribution in [0.5, 0.6) is 0 Å². The van der Waals surface area contributed by atoms with E-state index >= 15 is 0 Å². The Morgan fingerprint density at radius 3 is 2.08 bits per heavy atom. The number of aryl methyl sites for hydroxylation is 1. The van der Waals surface area contributed by atoms with Gasteiger partial charge in [0, 0.05) is 18.9 Å². The number of alkyl halides is 3. The predicted octanol–water partition coefficient (Wildman–Crippen LogP) is 3.17. The van der Waals surface area contributed by atoms with Crippen molar-refractivity contribution in [2.75, 3.05) is 0 Å². The SMILES string of the molecule is CC(C)c1cc(C(F)(F)F)cn1C. The maximum absolute atomic E-state index is 12.2. The molecule has 0 amide bonds. The zero-order valence-electron chi connectivity index (χ0n) is 7.81. The molecular formula is C9H12F3N. The molecule has 0 aliphatic heterocycles. The Balaban J connectivity index is 3.10. The highest BCUT2D eigenvalue weighted by Crippen LogP contribution is 2.31. The van der Waals surface area contributed by atoms with E-state index < -0.39 is 11.7 Å². The maximum Gasteiger partial charge on any atom is 0.417 e. The van der Waals surface area contributed by atoms with Crippen molar-refractivity contribution >= 4 is 0 Å². The first-order chi connectivity index (χ1) is 5.82. The Morgan fingerprint density at radius 1 is 1.31 bits per heavy atom. The van der Waals surface area contributed by atoms with Gasteiger partial charge in [-0.1, -0.05) is 13.8 Å². The average molecular weight is 191 g/mol. The normalized spacial score (nSPS) is 12.5. The summed E-state index contributed by atoms with van der Waals surface area (Å²) in [7, 11) is 1.63. The summed E-state index contributed by atoms with van der Waals surface area (Å²) in [5.41, 5.74) is 0.131. The van der Waals surface area contributed by atoms with Gasteiger partial charge < -0.3 is 4.57 Å². The van der Waals surface area contributed by atoms with E-state index in [1.54, 1.807) is 7.05 Å². The lowest BCUT2D eigenvalue weighted by Gasteiger charge is -2.04. The summed E-state index contributed by atoms with van der Waals surface area (Å²) >= 11 is 0. The number of hydrogen-bond donors (Lipinski definition) is 0. The maximum atomic E-state index is 12.2. The third kappa shape index (κ3) is 2.05. The van der Waals surface area contributed by atoms with Crippen LogP contribution in [0.1, 0.15) is 31.0 Å². The Kier molecular flexibility index (Phi) is 2.41. The lowest BCUT2D eigenvalue weighted by molar-refractivity contribution is -0.137. The van der Waals surface area contributed by atoms with Gasteiger partial charge >= 0.3 is 6.18 Å². The molecule has 74 valence electrons. The number of hydrogen-bond acceptors (Lipinski definition) is 0. The second-order valence-electron chi connectivity index (χ2n) is 3.42. The molecule has 1 aromatic heterocycles. The molecule has 13 heavy (non-hydrogen) atoms. The van der Waals surface area contributed by atoms with Crippen LogP contribution in [0.25, 0.3) is 0 Å². The minimum absolute atomic E-state index is 0.112. The fraction of sp³-hybridized carbons (Fsp3) is 0.556. The van der Waals surface area contributed by atoms with Crippen LogP contribution in [-0.2, 0) is 13.2 Å². The molecule has 1 heterocycles. The van der Waals surface area contributed by atoms with Crippen molar-refractivity contribution in [2.24, 2.45) is 7.05 Å². The Labute approximate surface area is 75.2 Å². The van der Waals surface area contributed by atoms with Crippen LogP contribution in [0, 0.1) is 0 Å². The lowest BCUT2D eigenvalue weighted by atomic mass is 10.1. The monoisotopic (exact) mass is 191 g/mol. The molecule has 1 nitrogen and oxygen atoms in total. The van der Waals surface area contributed by atoms with E-state index in [0.29, 0.717) is 5.69 Å². The van der Waals surface area contributed by atoms with Crippen molar-refractivity contribution in [1.29, 1.82) is 0 Å². The highest BCUT2D eigenvalue weighted by molar-refractivity contribution is 5.23. The van der Waals surface area contributed by atoms with E-state index in [-0.39, 0.29) is 5.92 Å². The van der Waals surface area contributed by atoms with Crippen molar-refractivity contribution in [3.8, 4) is 0 Å². The second-order valence-corrected chi connectivity index (χ2v) is 3.42. The van der Waals surface area contributed by atoms with E-state index in [4.69, 9.17) is 0 Å². The third-order valence-electron chi connectivity index (χ3n) is 1.96. The first kappa shape index (κ1) is 10.2. The van der Waals surface area contributed by atoms with Crippen molar-refractivity contribution in [2.45, 2.75) is 25.9 Å². The summed E-state index contributed by atoms with van der Waals surface area (Å²) in [6.45, 7) is 3.74. The first-order valence-corrected chi connectivity index (χ1v) is 4.06. The molecule has 4 heteroatoms. The molecule has 0 aliphatic rings. The Bertz CT molecular complexity index is 296. The highest BCUT2D eigenvalue weighted by atomic mass is 19.4. The van der Waals surface area contributed by atoms with E-state index in [1.165, 1.54) is 10.6 Å². The highest BCUT2D eigenvalue weighted by Gasteiger charge is 2.32. The van der Waals surface area contributed by atoms with Gasteiger partial charge in [0.1, 0.15) is 0 Å². The Morgan fingerprint density at radius 2 is 1.85 bits per heavy atom.